The van der Waals surface area contributed by atoms with E-state index in [-0.39, 0.29) is 5.56 Å². The van der Waals surface area contributed by atoms with Crippen molar-refractivity contribution in [1.82, 2.24) is 0 Å². The average molecular weight is 305 g/mol. The smallest absolute Gasteiger partial charge is 0.403 e. The van der Waals surface area contributed by atoms with E-state index >= 15 is 0 Å². The van der Waals surface area contributed by atoms with Crippen molar-refractivity contribution in [3.63, 3.8) is 0 Å². The maximum absolute atomic E-state index is 13.3. The summed E-state index contributed by atoms with van der Waals surface area (Å²) in [6.07, 6.45) is -11.1. The molecule has 0 aliphatic heterocycles. The molecule has 0 aromatic heterocycles. The molecule has 0 saturated carbocycles. The fraction of sp³-hybridized carbons (Fsp3) is 0.455. The fourth-order valence-corrected chi connectivity index (χ4v) is 1.44. The van der Waals surface area contributed by atoms with Crippen molar-refractivity contribution >= 4 is 0 Å². The van der Waals surface area contributed by atoms with Crippen LogP contribution in [0.25, 0.3) is 0 Å². The van der Waals surface area contributed by atoms with Crippen LogP contribution in [0.3, 0.4) is 0 Å². The molecule has 0 radical (unpaired) electrons. The van der Waals surface area contributed by atoms with E-state index < -0.39 is 43.0 Å². The third-order valence-electron chi connectivity index (χ3n) is 2.35. The molecule has 0 unspecified atom stereocenters. The van der Waals surface area contributed by atoms with Crippen LogP contribution in [0.1, 0.15) is 24.4 Å². The van der Waals surface area contributed by atoms with Crippen LogP contribution in [-0.2, 0) is 0 Å². The third-order valence-corrected chi connectivity index (χ3v) is 2.35. The molecule has 1 atom stereocenters. The molecule has 9 heteroatoms. The van der Waals surface area contributed by atoms with Crippen LogP contribution in [0, 0.1) is 5.82 Å². The molecule has 0 heterocycles. The molecule has 20 heavy (non-hydrogen) atoms. The lowest BCUT2D eigenvalue weighted by atomic mass is 10.0. The van der Waals surface area contributed by atoms with E-state index in [2.05, 4.69) is 4.74 Å². The zero-order valence-corrected chi connectivity index (χ0v) is 9.85. The second kappa shape index (κ2) is 5.86. The Balaban J connectivity index is 2.76. The summed E-state index contributed by atoms with van der Waals surface area (Å²) in [7, 11) is 0. The molecule has 0 saturated heterocycles. The summed E-state index contributed by atoms with van der Waals surface area (Å²) in [4.78, 5) is 0. The van der Waals surface area contributed by atoms with E-state index in [1.807, 2.05) is 0 Å². The van der Waals surface area contributed by atoms with Crippen molar-refractivity contribution < 1.29 is 35.5 Å². The van der Waals surface area contributed by atoms with E-state index in [1.165, 1.54) is 0 Å². The highest BCUT2D eigenvalue weighted by Crippen LogP contribution is 2.30. The molecule has 2 nitrogen and oxygen atoms in total. The van der Waals surface area contributed by atoms with Gasteiger partial charge in [0.1, 0.15) is 0 Å². The van der Waals surface area contributed by atoms with Gasteiger partial charge in [-0.3, -0.25) is 0 Å². The topological polar surface area (TPSA) is 35.2 Å². The van der Waals surface area contributed by atoms with E-state index in [0.29, 0.717) is 12.1 Å². The molecule has 0 spiro atoms. The number of hydrogen-bond donors (Lipinski definition) is 1. The summed E-state index contributed by atoms with van der Waals surface area (Å²) >= 11 is 0. The zero-order valence-electron chi connectivity index (χ0n) is 9.85. The Morgan fingerprint density at radius 2 is 1.70 bits per heavy atom. The van der Waals surface area contributed by atoms with Gasteiger partial charge in [-0.15, -0.1) is 13.2 Å². The average Bonchev–Trinajstić information content (AvgIpc) is 2.26. The van der Waals surface area contributed by atoms with E-state index in [9.17, 15) is 30.7 Å². The maximum Gasteiger partial charge on any atom is 0.573 e. The first kappa shape index (κ1) is 16.5. The second-order valence-corrected chi connectivity index (χ2v) is 4.00. The Kier molecular flexibility index (Phi) is 4.85. The molecule has 0 bridgehead atoms. The Morgan fingerprint density at radius 3 is 2.15 bits per heavy atom. The Hall–Kier alpha value is -1.51. The number of hydrogen-bond acceptors (Lipinski definition) is 2. The lowest BCUT2D eigenvalue weighted by Gasteiger charge is -2.15. The van der Waals surface area contributed by atoms with Crippen LogP contribution in [0.5, 0.6) is 5.75 Å². The van der Waals surface area contributed by atoms with Gasteiger partial charge < -0.3 is 10.5 Å². The molecule has 1 aromatic rings. The van der Waals surface area contributed by atoms with Crippen LogP contribution in [0.4, 0.5) is 30.7 Å². The van der Waals surface area contributed by atoms with Gasteiger partial charge in [-0.2, -0.15) is 13.2 Å². The van der Waals surface area contributed by atoms with Gasteiger partial charge in [-0.05, 0) is 24.1 Å². The van der Waals surface area contributed by atoms with E-state index in [4.69, 9.17) is 5.73 Å². The van der Waals surface area contributed by atoms with Gasteiger partial charge in [0.25, 0.3) is 0 Å². The Morgan fingerprint density at radius 1 is 1.10 bits per heavy atom. The summed E-state index contributed by atoms with van der Waals surface area (Å²) in [5, 5.41) is 0. The first-order chi connectivity index (χ1) is 8.98. The Bertz CT molecular complexity index is 455. The van der Waals surface area contributed by atoms with Crippen molar-refractivity contribution in [3.8, 4) is 5.75 Å². The molecule has 0 amide bonds. The molecular formula is C11H10F7NO. The van der Waals surface area contributed by atoms with Gasteiger partial charge >= 0.3 is 12.5 Å². The van der Waals surface area contributed by atoms with Crippen molar-refractivity contribution in [1.29, 1.82) is 0 Å². The minimum atomic E-state index is -5.05. The van der Waals surface area contributed by atoms with Gasteiger partial charge in [-0.1, -0.05) is 6.07 Å². The van der Waals surface area contributed by atoms with Crippen molar-refractivity contribution in [2.45, 2.75) is 31.4 Å². The summed E-state index contributed by atoms with van der Waals surface area (Å²) < 4.78 is 88.3. The van der Waals surface area contributed by atoms with E-state index in [0.717, 1.165) is 6.07 Å². The Labute approximate surface area is 109 Å². The number of halogens is 7. The molecule has 2 N–H and O–H groups in total. The first-order valence-corrected chi connectivity index (χ1v) is 5.35. The molecule has 114 valence electrons. The standard InChI is InChI=1S/C11H10F7NO/c12-7-5-6(8(19)3-4-10(13,14)15)1-2-9(7)20-11(16,17)18/h1-2,5,8H,3-4,19H2/t8-/m0/s1. The molecule has 0 aliphatic rings. The largest absolute Gasteiger partial charge is 0.573 e. The van der Waals surface area contributed by atoms with Gasteiger partial charge in [0.15, 0.2) is 11.6 Å². The van der Waals surface area contributed by atoms with Gasteiger partial charge in [0.05, 0.1) is 0 Å². The van der Waals surface area contributed by atoms with Gasteiger partial charge in [-0.25, -0.2) is 4.39 Å². The molecule has 0 fully saturated rings. The summed E-state index contributed by atoms with van der Waals surface area (Å²) in [6, 6.07) is 1.16. The number of nitrogens with two attached hydrogens (primary N) is 1. The minimum Gasteiger partial charge on any atom is -0.403 e. The van der Waals surface area contributed by atoms with Gasteiger partial charge in [0.2, 0.25) is 0 Å². The first-order valence-electron chi connectivity index (χ1n) is 5.35. The summed E-state index contributed by atoms with van der Waals surface area (Å²) in [6.45, 7) is 0. The highest BCUT2D eigenvalue weighted by Gasteiger charge is 2.32. The SMILES string of the molecule is N[C@@H](CCC(F)(F)F)c1ccc(OC(F)(F)F)c(F)c1. The van der Waals surface area contributed by atoms with Crippen molar-refractivity contribution in [2.75, 3.05) is 0 Å². The quantitative estimate of drug-likeness (QED) is 0.851. The molecule has 0 aliphatic carbocycles. The monoisotopic (exact) mass is 305 g/mol. The lowest BCUT2D eigenvalue weighted by Crippen LogP contribution is -2.19. The molecular weight excluding hydrogens is 295 g/mol. The van der Waals surface area contributed by atoms with Crippen LogP contribution in [0.2, 0.25) is 0 Å². The summed E-state index contributed by atoms with van der Waals surface area (Å²) in [5.41, 5.74) is 5.38. The molecule has 1 rings (SSSR count). The van der Waals surface area contributed by atoms with Crippen molar-refractivity contribution in [3.05, 3.63) is 29.6 Å². The number of rotatable bonds is 4. The van der Waals surface area contributed by atoms with Crippen LogP contribution in [0.15, 0.2) is 18.2 Å². The predicted molar refractivity (Wildman–Crippen MR) is 55.3 cm³/mol. The number of ether oxygens (including phenoxy) is 1. The fourth-order valence-electron chi connectivity index (χ4n) is 1.44. The minimum absolute atomic E-state index is 0.0405. The van der Waals surface area contributed by atoms with Gasteiger partial charge in [0, 0.05) is 12.5 Å². The zero-order chi connectivity index (χ0) is 15.6. The maximum atomic E-state index is 13.3. The number of alkyl halides is 6. The molecule has 1 aromatic carbocycles. The van der Waals surface area contributed by atoms with Crippen molar-refractivity contribution in [2.24, 2.45) is 5.73 Å². The van der Waals surface area contributed by atoms with Crippen LogP contribution in [-0.4, -0.2) is 12.5 Å². The van der Waals surface area contributed by atoms with Crippen LogP contribution < -0.4 is 10.5 Å². The third kappa shape index (κ3) is 5.64. The normalized spacial score (nSPS) is 14.2. The summed E-state index contributed by atoms with van der Waals surface area (Å²) in [5.74, 6) is -2.41. The second-order valence-electron chi connectivity index (χ2n) is 4.00. The predicted octanol–water partition coefficient (Wildman–Crippen LogP) is 4.07. The van der Waals surface area contributed by atoms with Crippen LogP contribution >= 0.6 is 0 Å². The lowest BCUT2D eigenvalue weighted by molar-refractivity contribution is -0.275. The van der Waals surface area contributed by atoms with E-state index in [1.54, 1.807) is 0 Å². The highest BCUT2D eigenvalue weighted by molar-refractivity contribution is 5.31. The number of benzene rings is 1. The highest BCUT2D eigenvalue weighted by atomic mass is 19.4.